The summed E-state index contributed by atoms with van der Waals surface area (Å²) in [4.78, 5) is 4.22. The van der Waals surface area contributed by atoms with Crippen molar-refractivity contribution in [1.82, 2.24) is 4.72 Å². The first-order chi connectivity index (χ1) is 11.9. The Bertz CT molecular complexity index is 842. The topological polar surface area (TPSA) is 96.6 Å². The average Bonchev–Trinajstić information content (AvgIpc) is 2.59. The molecular formula is C17H22ClIN4O2S. The monoisotopic (exact) mass is 508 g/mol. The van der Waals surface area contributed by atoms with Gasteiger partial charge in [0.25, 0.3) is 0 Å². The zero-order chi connectivity index (χ0) is 18.3. The lowest BCUT2D eigenvalue weighted by molar-refractivity contribution is 0.582. The van der Waals surface area contributed by atoms with Crippen LogP contribution in [0.4, 0.5) is 5.69 Å². The first-order valence-electron chi connectivity index (χ1n) is 7.82. The fourth-order valence-electron chi connectivity index (χ4n) is 2.09. The van der Waals surface area contributed by atoms with Crippen molar-refractivity contribution in [2.24, 2.45) is 10.7 Å². The Kier molecular flexibility index (Phi) is 9.34. The highest BCUT2D eigenvalue weighted by atomic mass is 127. The lowest BCUT2D eigenvalue weighted by Crippen LogP contribution is -2.28. The maximum atomic E-state index is 12.1. The molecule has 0 aliphatic heterocycles. The molecule has 0 heterocycles. The van der Waals surface area contributed by atoms with Crippen molar-refractivity contribution in [3.63, 3.8) is 0 Å². The number of benzene rings is 2. The van der Waals surface area contributed by atoms with Gasteiger partial charge in [0.15, 0.2) is 5.96 Å². The molecule has 0 aromatic heterocycles. The van der Waals surface area contributed by atoms with Gasteiger partial charge in [-0.05, 0) is 42.3 Å². The Hall–Kier alpha value is -1.36. The summed E-state index contributed by atoms with van der Waals surface area (Å²) < 4.78 is 26.7. The standard InChI is InChI=1S/C17H21ClN4O2S.HI/c1-2-13-6-8-15(9-7-13)22-17(19)20-10-11-21-25(23,24)16-5-3-4-14(18)12-16;/h3-9,12,21H,2,10-11H2,1H3,(H3,19,20,22);1H. The van der Waals surface area contributed by atoms with E-state index in [0.717, 1.165) is 12.1 Å². The summed E-state index contributed by atoms with van der Waals surface area (Å²) >= 11 is 5.81. The van der Waals surface area contributed by atoms with Crippen molar-refractivity contribution in [2.45, 2.75) is 18.2 Å². The minimum atomic E-state index is -3.61. The molecule has 2 aromatic carbocycles. The quantitative estimate of drug-likeness (QED) is 0.232. The van der Waals surface area contributed by atoms with Gasteiger partial charge in [0.2, 0.25) is 10.0 Å². The van der Waals surface area contributed by atoms with Crippen LogP contribution in [0.5, 0.6) is 0 Å². The number of sulfonamides is 1. The minimum Gasteiger partial charge on any atom is -0.370 e. The van der Waals surface area contributed by atoms with Crippen LogP contribution >= 0.6 is 35.6 Å². The van der Waals surface area contributed by atoms with Crippen molar-refractivity contribution in [3.8, 4) is 0 Å². The summed E-state index contributed by atoms with van der Waals surface area (Å²) in [5.41, 5.74) is 7.87. The van der Waals surface area contributed by atoms with Crippen molar-refractivity contribution in [3.05, 3.63) is 59.1 Å². The van der Waals surface area contributed by atoms with Crippen molar-refractivity contribution in [1.29, 1.82) is 0 Å². The highest BCUT2D eigenvalue weighted by Gasteiger charge is 2.13. The zero-order valence-electron chi connectivity index (χ0n) is 14.3. The van der Waals surface area contributed by atoms with E-state index < -0.39 is 10.0 Å². The summed E-state index contributed by atoms with van der Waals surface area (Å²) in [5, 5.41) is 3.33. The number of nitrogens with two attached hydrogens (primary N) is 1. The predicted molar refractivity (Wildman–Crippen MR) is 118 cm³/mol. The molecule has 0 unspecified atom stereocenters. The molecule has 26 heavy (non-hydrogen) atoms. The highest BCUT2D eigenvalue weighted by molar-refractivity contribution is 14.0. The second kappa shape index (κ2) is 10.7. The molecule has 9 heteroatoms. The lowest BCUT2D eigenvalue weighted by Gasteiger charge is -2.08. The Morgan fingerprint density at radius 2 is 1.88 bits per heavy atom. The van der Waals surface area contributed by atoms with E-state index in [9.17, 15) is 8.42 Å². The predicted octanol–water partition coefficient (Wildman–Crippen LogP) is 3.23. The number of nitrogens with one attached hydrogen (secondary N) is 2. The molecule has 0 saturated carbocycles. The van der Waals surface area contributed by atoms with Crippen LogP contribution in [0.2, 0.25) is 5.02 Å². The van der Waals surface area contributed by atoms with E-state index in [1.807, 2.05) is 24.3 Å². The average molecular weight is 509 g/mol. The molecule has 0 spiro atoms. The molecule has 0 fully saturated rings. The minimum absolute atomic E-state index is 0. The van der Waals surface area contributed by atoms with Gasteiger partial charge in [-0.15, -0.1) is 24.0 Å². The molecule has 142 valence electrons. The van der Waals surface area contributed by atoms with Gasteiger partial charge in [-0.1, -0.05) is 36.7 Å². The van der Waals surface area contributed by atoms with Gasteiger partial charge in [0.05, 0.1) is 11.4 Å². The van der Waals surface area contributed by atoms with Crippen LogP contribution in [0.1, 0.15) is 12.5 Å². The number of hydrogen-bond acceptors (Lipinski definition) is 3. The molecule has 2 rings (SSSR count). The largest absolute Gasteiger partial charge is 0.370 e. The molecule has 0 radical (unpaired) electrons. The summed E-state index contributed by atoms with van der Waals surface area (Å²) in [6.45, 7) is 2.43. The molecule has 2 aromatic rings. The van der Waals surface area contributed by atoms with Crippen molar-refractivity contribution < 1.29 is 8.42 Å². The molecule has 0 amide bonds. The van der Waals surface area contributed by atoms with E-state index >= 15 is 0 Å². The second-order valence-corrected chi connectivity index (χ2v) is 7.50. The number of anilines is 1. The Labute approximate surface area is 176 Å². The van der Waals surface area contributed by atoms with Crippen LogP contribution in [0.25, 0.3) is 0 Å². The smallest absolute Gasteiger partial charge is 0.240 e. The van der Waals surface area contributed by atoms with Gasteiger partial charge < -0.3 is 11.1 Å². The lowest BCUT2D eigenvalue weighted by atomic mass is 10.1. The van der Waals surface area contributed by atoms with Crippen LogP contribution in [-0.4, -0.2) is 27.5 Å². The third-order valence-electron chi connectivity index (χ3n) is 3.43. The number of hydrogen-bond donors (Lipinski definition) is 3. The SMILES string of the molecule is CCc1ccc(NC(N)=NCCNS(=O)(=O)c2cccc(Cl)c2)cc1.I. The van der Waals surface area contributed by atoms with E-state index in [-0.39, 0.29) is 47.9 Å². The fraction of sp³-hybridized carbons (Fsp3) is 0.235. The van der Waals surface area contributed by atoms with Gasteiger partial charge >= 0.3 is 0 Å². The number of aryl methyl sites for hydroxylation is 1. The Morgan fingerprint density at radius 3 is 2.50 bits per heavy atom. The zero-order valence-corrected chi connectivity index (χ0v) is 18.2. The number of nitrogens with zero attached hydrogens (tertiary/aromatic N) is 1. The number of aliphatic imine (C=N–C) groups is 1. The normalized spacial score (nSPS) is 11.7. The third kappa shape index (κ3) is 7.10. The maximum Gasteiger partial charge on any atom is 0.240 e. The van der Waals surface area contributed by atoms with Crippen LogP contribution in [0.15, 0.2) is 58.4 Å². The van der Waals surface area contributed by atoms with E-state index in [2.05, 4.69) is 22.0 Å². The molecule has 0 aliphatic rings. The summed E-state index contributed by atoms with van der Waals surface area (Å²) in [5.74, 6) is 0.228. The summed E-state index contributed by atoms with van der Waals surface area (Å²) in [7, 11) is -3.61. The van der Waals surface area contributed by atoms with E-state index in [1.165, 1.54) is 17.7 Å². The Balaban J connectivity index is 0.00000338. The van der Waals surface area contributed by atoms with Gasteiger partial charge in [0.1, 0.15) is 0 Å². The van der Waals surface area contributed by atoms with Gasteiger partial charge in [-0.25, -0.2) is 13.1 Å². The van der Waals surface area contributed by atoms with Crippen LogP contribution in [-0.2, 0) is 16.4 Å². The third-order valence-corrected chi connectivity index (χ3v) is 5.12. The first kappa shape index (κ1) is 22.7. The van der Waals surface area contributed by atoms with Crippen LogP contribution in [0, 0.1) is 0 Å². The number of rotatable bonds is 7. The number of halogens is 2. The van der Waals surface area contributed by atoms with Gasteiger partial charge in [0, 0.05) is 17.3 Å². The molecule has 0 saturated heterocycles. The van der Waals surface area contributed by atoms with Gasteiger partial charge in [-0.3, -0.25) is 4.99 Å². The molecule has 4 N–H and O–H groups in total. The van der Waals surface area contributed by atoms with E-state index in [0.29, 0.717) is 5.02 Å². The fourth-order valence-corrected chi connectivity index (χ4v) is 3.41. The first-order valence-corrected chi connectivity index (χ1v) is 9.68. The van der Waals surface area contributed by atoms with Crippen molar-refractivity contribution in [2.75, 3.05) is 18.4 Å². The maximum absolute atomic E-state index is 12.1. The molecule has 0 bridgehead atoms. The molecular weight excluding hydrogens is 487 g/mol. The second-order valence-electron chi connectivity index (χ2n) is 5.30. The molecule has 0 aliphatic carbocycles. The van der Waals surface area contributed by atoms with E-state index in [1.54, 1.807) is 12.1 Å². The van der Waals surface area contributed by atoms with Crippen LogP contribution in [0.3, 0.4) is 0 Å². The molecule has 6 nitrogen and oxygen atoms in total. The molecule has 0 atom stereocenters. The van der Waals surface area contributed by atoms with Crippen LogP contribution < -0.4 is 15.8 Å². The number of guanidine groups is 1. The van der Waals surface area contributed by atoms with Gasteiger partial charge in [-0.2, -0.15) is 0 Å². The van der Waals surface area contributed by atoms with E-state index in [4.69, 9.17) is 17.3 Å². The summed E-state index contributed by atoms with van der Waals surface area (Å²) in [6.07, 6.45) is 0.969. The highest BCUT2D eigenvalue weighted by Crippen LogP contribution is 2.15. The van der Waals surface area contributed by atoms with Crippen molar-refractivity contribution >= 4 is 57.2 Å². The Morgan fingerprint density at radius 1 is 1.19 bits per heavy atom. The summed E-state index contributed by atoms with van der Waals surface area (Å²) in [6, 6.07) is 13.9.